The average Bonchev–Trinajstić information content (AvgIpc) is 2.36. The zero-order chi connectivity index (χ0) is 12.5. The lowest BCUT2D eigenvalue weighted by Gasteiger charge is -1.97. The molecule has 4 heteroatoms. The largest absolute Gasteiger partial charge is 0.460 e. The maximum Gasteiger partial charge on any atom is 0.379 e. The highest BCUT2D eigenvalue weighted by Gasteiger charge is 2.09. The van der Waals surface area contributed by atoms with E-state index in [4.69, 9.17) is 0 Å². The van der Waals surface area contributed by atoms with E-state index in [1.54, 1.807) is 12.3 Å². The number of carbonyl (C=O) groups excluding carboxylic acids is 2. The van der Waals surface area contributed by atoms with E-state index in [1.165, 1.54) is 23.4 Å². The van der Waals surface area contributed by atoms with E-state index in [2.05, 4.69) is 4.74 Å². The van der Waals surface area contributed by atoms with Crippen LogP contribution in [0.4, 0.5) is 0 Å². The van der Waals surface area contributed by atoms with Crippen molar-refractivity contribution in [2.45, 2.75) is 12.7 Å². The highest BCUT2D eigenvalue weighted by Crippen LogP contribution is 2.12. The van der Waals surface area contributed by atoms with Crippen molar-refractivity contribution in [2.24, 2.45) is 0 Å². The van der Waals surface area contributed by atoms with Crippen molar-refractivity contribution >= 4 is 23.5 Å². The smallest absolute Gasteiger partial charge is 0.379 e. The summed E-state index contributed by atoms with van der Waals surface area (Å²) in [5.74, 6) is -0.649. The zero-order valence-electron chi connectivity index (χ0n) is 9.59. The molecule has 1 rings (SSSR count). The molecule has 1 aromatic rings. The molecule has 1 aromatic carbocycles. The molecule has 0 aliphatic heterocycles. The van der Waals surface area contributed by atoms with Crippen molar-refractivity contribution in [2.75, 3.05) is 6.61 Å². The molecule has 0 amide bonds. The molecule has 3 nitrogen and oxygen atoms in total. The van der Waals surface area contributed by atoms with Crippen molar-refractivity contribution in [3.8, 4) is 0 Å². The molecule has 0 radical (unpaired) electrons. The van der Waals surface area contributed by atoms with E-state index in [-0.39, 0.29) is 6.61 Å². The summed E-state index contributed by atoms with van der Waals surface area (Å²) < 4.78 is 4.57. The lowest BCUT2D eigenvalue weighted by atomic mass is 10.2. The van der Waals surface area contributed by atoms with E-state index in [1.807, 2.05) is 30.3 Å². The summed E-state index contributed by atoms with van der Waals surface area (Å²) in [5, 5.41) is 1.62. The van der Waals surface area contributed by atoms with Crippen molar-refractivity contribution in [3.05, 3.63) is 47.4 Å². The number of ether oxygens (including phenoxy) is 1. The van der Waals surface area contributed by atoms with Crippen LogP contribution in [0.25, 0.3) is 0 Å². The maximum atomic E-state index is 11.2. The first-order valence-corrected chi connectivity index (χ1v) is 6.32. The molecule has 90 valence electrons. The molecular formula is C13H14O3S. The topological polar surface area (TPSA) is 43.4 Å². The van der Waals surface area contributed by atoms with Crippen LogP contribution in [0.3, 0.4) is 0 Å². The Hall–Kier alpha value is -1.55. The molecule has 0 N–H and O–H groups in total. The fraction of sp³-hybridized carbons (Fsp3) is 0.231. The SMILES string of the molecule is CCOC(=O)C(=O)/C=C\SCc1ccccc1. The molecule has 0 saturated heterocycles. The van der Waals surface area contributed by atoms with Gasteiger partial charge in [-0.3, -0.25) is 4.79 Å². The number of rotatable bonds is 6. The fourth-order valence-electron chi connectivity index (χ4n) is 1.10. The molecule has 0 atom stereocenters. The van der Waals surface area contributed by atoms with Crippen LogP contribution in [-0.2, 0) is 20.1 Å². The summed E-state index contributed by atoms with van der Waals surface area (Å²) in [7, 11) is 0. The molecule has 0 saturated carbocycles. The first-order chi connectivity index (χ1) is 8.24. The predicted octanol–water partition coefficient (Wildman–Crippen LogP) is 2.57. The van der Waals surface area contributed by atoms with Gasteiger partial charge >= 0.3 is 5.97 Å². The molecule has 0 unspecified atom stereocenters. The van der Waals surface area contributed by atoms with Gasteiger partial charge in [0.25, 0.3) is 5.78 Å². The number of esters is 1. The molecule has 0 heterocycles. The Balaban J connectivity index is 2.31. The van der Waals surface area contributed by atoms with Crippen molar-refractivity contribution in [3.63, 3.8) is 0 Å². The predicted molar refractivity (Wildman–Crippen MR) is 68.5 cm³/mol. The quantitative estimate of drug-likeness (QED) is 0.442. The molecule has 0 spiro atoms. The van der Waals surface area contributed by atoms with Gasteiger partial charge in [0.05, 0.1) is 6.61 Å². The van der Waals surface area contributed by atoms with Crippen LogP contribution in [0.5, 0.6) is 0 Å². The minimum Gasteiger partial charge on any atom is -0.460 e. The third kappa shape index (κ3) is 5.36. The minimum atomic E-state index is -0.802. The van der Waals surface area contributed by atoms with Crippen LogP contribution in [0.1, 0.15) is 12.5 Å². The van der Waals surface area contributed by atoms with E-state index in [9.17, 15) is 9.59 Å². The second-order valence-electron chi connectivity index (χ2n) is 3.18. The number of thioether (sulfide) groups is 1. The number of hydrogen-bond acceptors (Lipinski definition) is 4. The summed E-state index contributed by atoms with van der Waals surface area (Å²) in [5.41, 5.74) is 1.17. The second-order valence-corrected chi connectivity index (χ2v) is 4.08. The fourth-order valence-corrected chi connectivity index (χ4v) is 1.80. The number of benzene rings is 1. The summed E-state index contributed by atoms with van der Waals surface area (Å²) in [6, 6.07) is 9.89. The lowest BCUT2D eigenvalue weighted by Crippen LogP contribution is -2.14. The van der Waals surface area contributed by atoms with Crippen molar-refractivity contribution < 1.29 is 14.3 Å². The third-order valence-corrected chi connectivity index (χ3v) is 2.71. The molecule has 0 fully saturated rings. The van der Waals surface area contributed by atoms with Gasteiger partial charge in [0.15, 0.2) is 0 Å². The first-order valence-electron chi connectivity index (χ1n) is 5.27. The number of hydrogen-bond donors (Lipinski definition) is 0. The Morgan fingerprint density at radius 1 is 1.29 bits per heavy atom. The number of carbonyl (C=O) groups is 2. The van der Waals surface area contributed by atoms with Gasteiger partial charge in [-0.25, -0.2) is 4.79 Å². The van der Waals surface area contributed by atoms with Gasteiger partial charge in [0.2, 0.25) is 0 Å². The molecule has 0 aliphatic rings. The van der Waals surface area contributed by atoms with Gasteiger partial charge in [-0.2, -0.15) is 0 Å². The zero-order valence-corrected chi connectivity index (χ0v) is 10.4. The minimum absolute atomic E-state index is 0.218. The Morgan fingerprint density at radius 2 is 2.00 bits per heavy atom. The van der Waals surface area contributed by atoms with Crippen LogP contribution >= 0.6 is 11.8 Å². The van der Waals surface area contributed by atoms with Crippen molar-refractivity contribution in [1.29, 1.82) is 0 Å². The van der Waals surface area contributed by atoms with E-state index >= 15 is 0 Å². The van der Waals surface area contributed by atoms with Gasteiger partial charge < -0.3 is 4.74 Å². The monoisotopic (exact) mass is 250 g/mol. The molecule has 0 bridgehead atoms. The highest BCUT2D eigenvalue weighted by molar-refractivity contribution is 8.01. The second kappa shape index (κ2) is 7.68. The Labute approximate surface area is 105 Å². The Kier molecular flexibility index (Phi) is 6.10. The molecule has 0 aliphatic carbocycles. The summed E-state index contributed by atoms with van der Waals surface area (Å²) in [6.07, 6.45) is 1.24. The Bertz CT molecular complexity index is 398. The van der Waals surface area contributed by atoms with Crippen LogP contribution in [-0.4, -0.2) is 18.4 Å². The summed E-state index contributed by atoms with van der Waals surface area (Å²) in [6.45, 7) is 1.88. The summed E-state index contributed by atoms with van der Waals surface area (Å²) in [4.78, 5) is 22.1. The lowest BCUT2D eigenvalue weighted by molar-refractivity contribution is -0.151. The van der Waals surface area contributed by atoms with Gasteiger partial charge in [-0.05, 0) is 24.0 Å². The molecule has 17 heavy (non-hydrogen) atoms. The summed E-state index contributed by atoms with van der Waals surface area (Å²) >= 11 is 1.46. The van der Waals surface area contributed by atoms with E-state index < -0.39 is 11.8 Å². The molecular weight excluding hydrogens is 236 g/mol. The Morgan fingerprint density at radius 3 is 2.65 bits per heavy atom. The van der Waals surface area contributed by atoms with Crippen molar-refractivity contribution in [1.82, 2.24) is 0 Å². The normalized spacial score (nSPS) is 10.4. The third-order valence-electron chi connectivity index (χ3n) is 1.89. The number of ketones is 1. The van der Waals surface area contributed by atoms with Gasteiger partial charge in [-0.15, -0.1) is 11.8 Å². The van der Waals surface area contributed by atoms with Gasteiger partial charge in [0, 0.05) is 5.75 Å². The highest BCUT2D eigenvalue weighted by atomic mass is 32.2. The van der Waals surface area contributed by atoms with Crippen LogP contribution in [0.15, 0.2) is 41.8 Å². The first kappa shape index (κ1) is 13.5. The van der Waals surface area contributed by atoms with Gasteiger partial charge in [-0.1, -0.05) is 30.3 Å². The van der Waals surface area contributed by atoms with E-state index in [0.717, 1.165) is 5.75 Å². The van der Waals surface area contributed by atoms with Crippen LogP contribution in [0, 0.1) is 0 Å². The maximum absolute atomic E-state index is 11.2. The molecule has 0 aromatic heterocycles. The average molecular weight is 250 g/mol. The van der Waals surface area contributed by atoms with Gasteiger partial charge in [0.1, 0.15) is 0 Å². The standard InChI is InChI=1S/C13H14O3S/c1-2-16-13(15)12(14)8-9-17-10-11-6-4-3-5-7-11/h3-9H,2,10H2,1H3/b9-8-. The van der Waals surface area contributed by atoms with Crippen LogP contribution in [0.2, 0.25) is 0 Å². The van der Waals surface area contributed by atoms with Crippen LogP contribution < -0.4 is 0 Å². The van der Waals surface area contributed by atoms with E-state index in [0.29, 0.717) is 0 Å².